The first-order chi connectivity index (χ1) is 7.41. The molecule has 0 saturated heterocycles. The molecular weight excluding hydrogens is 232 g/mol. The summed E-state index contributed by atoms with van der Waals surface area (Å²) in [5.41, 5.74) is 0.278. The summed E-state index contributed by atoms with van der Waals surface area (Å²) in [6, 6.07) is 4.48. The third-order valence-corrected chi connectivity index (χ3v) is 2.21. The van der Waals surface area contributed by atoms with E-state index in [1.54, 1.807) is 0 Å². The van der Waals surface area contributed by atoms with E-state index >= 15 is 0 Å². The number of carboxylic acids is 1. The van der Waals surface area contributed by atoms with Crippen molar-refractivity contribution >= 4 is 23.4 Å². The Morgan fingerprint density at radius 3 is 2.56 bits per heavy atom. The maximum Gasteiger partial charge on any atom is 0.344 e. The fourth-order valence-corrected chi connectivity index (χ4v) is 1.29. The predicted molar refractivity (Wildman–Crippen MR) is 59.2 cm³/mol. The molecule has 5 heteroatoms. The SMILES string of the molecule is CC(=O)c1cc(Cl)ccc1O[C@@H](C)C(=O)O. The molecule has 0 fully saturated rings. The zero-order valence-corrected chi connectivity index (χ0v) is 9.62. The second-order valence-electron chi connectivity index (χ2n) is 3.29. The van der Waals surface area contributed by atoms with E-state index in [0.717, 1.165) is 0 Å². The number of hydrogen-bond acceptors (Lipinski definition) is 3. The van der Waals surface area contributed by atoms with Gasteiger partial charge in [0.05, 0.1) is 5.56 Å². The van der Waals surface area contributed by atoms with E-state index in [1.165, 1.54) is 32.0 Å². The smallest absolute Gasteiger partial charge is 0.344 e. The van der Waals surface area contributed by atoms with Crippen LogP contribution in [0.25, 0.3) is 0 Å². The van der Waals surface area contributed by atoms with Crippen molar-refractivity contribution < 1.29 is 19.4 Å². The fraction of sp³-hybridized carbons (Fsp3) is 0.273. The molecule has 86 valence electrons. The molecule has 1 aromatic carbocycles. The Bertz CT molecular complexity index is 428. The third kappa shape index (κ3) is 2.97. The molecule has 0 amide bonds. The first-order valence-corrected chi connectivity index (χ1v) is 4.99. The highest BCUT2D eigenvalue weighted by atomic mass is 35.5. The lowest BCUT2D eigenvalue weighted by molar-refractivity contribution is -0.144. The summed E-state index contributed by atoms with van der Waals surface area (Å²) in [6.07, 6.45) is -1.01. The first-order valence-electron chi connectivity index (χ1n) is 4.61. The van der Waals surface area contributed by atoms with Crippen molar-refractivity contribution in [2.45, 2.75) is 20.0 Å². The van der Waals surface area contributed by atoms with Crippen LogP contribution >= 0.6 is 11.6 Å². The highest BCUT2D eigenvalue weighted by molar-refractivity contribution is 6.31. The van der Waals surface area contributed by atoms with Gasteiger partial charge in [0, 0.05) is 5.02 Å². The lowest BCUT2D eigenvalue weighted by atomic mass is 10.1. The molecule has 0 radical (unpaired) electrons. The normalized spacial score (nSPS) is 11.9. The predicted octanol–water partition coefficient (Wildman–Crippen LogP) is 2.39. The summed E-state index contributed by atoms with van der Waals surface area (Å²) in [5.74, 6) is -1.09. The zero-order chi connectivity index (χ0) is 12.3. The molecule has 1 rings (SSSR count). The fourth-order valence-electron chi connectivity index (χ4n) is 1.12. The Morgan fingerprint density at radius 1 is 1.44 bits per heavy atom. The second-order valence-corrected chi connectivity index (χ2v) is 3.73. The Balaban J connectivity index is 3.04. The third-order valence-electron chi connectivity index (χ3n) is 1.97. The van der Waals surface area contributed by atoms with E-state index in [1.807, 2.05) is 0 Å². The van der Waals surface area contributed by atoms with Crippen LogP contribution in [0.2, 0.25) is 5.02 Å². The number of benzene rings is 1. The van der Waals surface area contributed by atoms with E-state index in [4.69, 9.17) is 21.4 Å². The largest absolute Gasteiger partial charge is 0.479 e. The molecule has 16 heavy (non-hydrogen) atoms. The van der Waals surface area contributed by atoms with Crippen molar-refractivity contribution in [2.24, 2.45) is 0 Å². The summed E-state index contributed by atoms with van der Waals surface area (Å²) in [7, 11) is 0. The molecule has 0 aliphatic heterocycles. The number of halogens is 1. The van der Waals surface area contributed by atoms with Gasteiger partial charge >= 0.3 is 5.97 Å². The summed E-state index contributed by atoms with van der Waals surface area (Å²) in [5, 5.41) is 9.09. The van der Waals surface area contributed by atoms with Gasteiger partial charge in [-0.15, -0.1) is 0 Å². The van der Waals surface area contributed by atoms with Crippen molar-refractivity contribution in [3.05, 3.63) is 28.8 Å². The molecule has 0 heterocycles. The summed E-state index contributed by atoms with van der Waals surface area (Å²) < 4.78 is 5.14. The molecule has 0 aromatic heterocycles. The average molecular weight is 243 g/mol. The Morgan fingerprint density at radius 2 is 2.06 bits per heavy atom. The number of hydrogen-bond donors (Lipinski definition) is 1. The minimum absolute atomic E-state index is 0.227. The standard InChI is InChI=1S/C11H11ClO4/c1-6(13)9-5-8(12)3-4-10(9)16-7(2)11(14)15/h3-5,7H,1-2H3,(H,14,15)/t7-/m0/s1. The quantitative estimate of drug-likeness (QED) is 0.824. The van der Waals surface area contributed by atoms with Crippen LogP contribution in [0.4, 0.5) is 0 Å². The molecular formula is C11H11ClO4. The lowest BCUT2D eigenvalue weighted by Gasteiger charge is -2.13. The summed E-state index contributed by atoms with van der Waals surface area (Å²) >= 11 is 5.74. The summed E-state index contributed by atoms with van der Waals surface area (Å²) in [4.78, 5) is 21.9. The number of aliphatic carboxylic acids is 1. The van der Waals surface area contributed by atoms with Crippen LogP contribution in [0.1, 0.15) is 24.2 Å². The topological polar surface area (TPSA) is 63.6 Å². The van der Waals surface area contributed by atoms with Crippen LogP contribution in [-0.2, 0) is 4.79 Å². The van der Waals surface area contributed by atoms with E-state index in [-0.39, 0.29) is 17.1 Å². The van der Waals surface area contributed by atoms with Crippen molar-refractivity contribution in [1.82, 2.24) is 0 Å². The molecule has 0 bridgehead atoms. The van der Waals surface area contributed by atoms with Crippen molar-refractivity contribution in [1.29, 1.82) is 0 Å². The molecule has 4 nitrogen and oxygen atoms in total. The van der Waals surface area contributed by atoms with Gasteiger partial charge in [0.2, 0.25) is 0 Å². The van der Waals surface area contributed by atoms with Crippen LogP contribution in [0.3, 0.4) is 0 Å². The number of carbonyl (C=O) groups excluding carboxylic acids is 1. The number of carboxylic acid groups (broad SMARTS) is 1. The van der Waals surface area contributed by atoms with E-state index in [9.17, 15) is 9.59 Å². The van der Waals surface area contributed by atoms with Gasteiger partial charge in [0.25, 0.3) is 0 Å². The molecule has 1 N–H and O–H groups in total. The van der Waals surface area contributed by atoms with Gasteiger partial charge in [0.1, 0.15) is 5.75 Å². The van der Waals surface area contributed by atoms with Gasteiger partial charge < -0.3 is 9.84 Å². The molecule has 0 aliphatic carbocycles. The lowest BCUT2D eigenvalue weighted by Crippen LogP contribution is -2.23. The number of Topliss-reactive ketones (excluding diaryl/α,β-unsaturated/α-hetero) is 1. The molecule has 1 atom stereocenters. The number of rotatable bonds is 4. The minimum atomic E-state index is -1.09. The van der Waals surface area contributed by atoms with Gasteiger partial charge in [-0.25, -0.2) is 4.79 Å². The van der Waals surface area contributed by atoms with Gasteiger partial charge in [-0.2, -0.15) is 0 Å². The van der Waals surface area contributed by atoms with E-state index in [2.05, 4.69) is 0 Å². The Labute approximate surface area is 97.8 Å². The van der Waals surface area contributed by atoms with Crippen molar-refractivity contribution in [3.63, 3.8) is 0 Å². The Hall–Kier alpha value is -1.55. The van der Waals surface area contributed by atoms with Gasteiger partial charge in [-0.1, -0.05) is 11.6 Å². The van der Waals surface area contributed by atoms with Gasteiger partial charge in [0.15, 0.2) is 11.9 Å². The van der Waals surface area contributed by atoms with Crippen LogP contribution < -0.4 is 4.74 Å². The maximum absolute atomic E-state index is 11.3. The number of ketones is 1. The Kier molecular flexibility index (Phi) is 3.90. The first kappa shape index (κ1) is 12.5. The molecule has 0 aliphatic rings. The van der Waals surface area contributed by atoms with Crippen LogP contribution in [0, 0.1) is 0 Å². The highest BCUT2D eigenvalue weighted by Crippen LogP contribution is 2.24. The van der Waals surface area contributed by atoms with Crippen LogP contribution in [0.15, 0.2) is 18.2 Å². The zero-order valence-electron chi connectivity index (χ0n) is 8.86. The molecule has 0 spiro atoms. The van der Waals surface area contributed by atoms with Crippen LogP contribution in [0.5, 0.6) is 5.75 Å². The molecule has 0 saturated carbocycles. The maximum atomic E-state index is 11.3. The van der Waals surface area contributed by atoms with Crippen LogP contribution in [-0.4, -0.2) is 23.0 Å². The van der Waals surface area contributed by atoms with Gasteiger partial charge in [-0.3, -0.25) is 4.79 Å². The van der Waals surface area contributed by atoms with E-state index in [0.29, 0.717) is 5.02 Å². The molecule has 1 aromatic rings. The second kappa shape index (κ2) is 4.99. The monoisotopic (exact) mass is 242 g/mol. The highest BCUT2D eigenvalue weighted by Gasteiger charge is 2.16. The number of ether oxygens (including phenoxy) is 1. The summed E-state index contributed by atoms with van der Waals surface area (Å²) in [6.45, 7) is 2.75. The average Bonchev–Trinajstić information content (AvgIpc) is 2.20. The number of carbonyl (C=O) groups is 2. The molecule has 0 unspecified atom stereocenters. The van der Waals surface area contributed by atoms with Crippen molar-refractivity contribution in [3.8, 4) is 5.75 Å². The van der Waals surface area contributed by atoms with Crippen molar-refractivity contribution in [2.75, 3.05) is 0 Å². The minimum Gasteiger partial charge on any atom is -0.479 e. The van der Waals surface area contributed by atoms with E-state index < -0.39 is 12.1 Å². The van der Waals surface area contributed by atoms with Gasteiger partial charge in [-0.05, 0) is 32.0 Å².